The van der Waals surface area contributed by atoms with E-state index in [4.69, 9.17) is 0 Å². The highest BCUT2D eigenvalue weighted by molar-refractivity contribution is 6.08. The SMILES string of the molecule is Cc1ccc(C(=O)c2ccc(CC(=O)Nc3cnn(CCF)n3)n2C)cc1. The Balaban J connectivity index is 1.68. The van der Waals surface area contributed by atoms with Crippen LogP contribution in [0.5, 0.6) is 0 Å². The van der Waals surface area contributed by atoms with E-state index in [-0.39, 0.29) is 30.5 Å². The lowest BCUT2D eigenvalue weighted by atomic mass is 10.1. The van der Waals surface area contributed by atoms with Crippen LogP contribution in [0.25, 0.3) is 0 Å². The Labute approximate surface area is 155 Å². The molecule has 0 atom stereocenters. The predicted octanol–water partition coefficient (Wildman–Crippen LogP) is 2.31. The topological polar surface area (TPSA) is 81.8 Å². The Morgan fingerprint density at radius 1 is 1.15 bits per heavy atom. The van der Waals surface area contributed by atoms with Crippen molar-refractivity contribution in [1.29, 1.82) is 0 Å². The number of anilines is 1. The fraction of sp³-hybridized carbons (Fsp3) is 0.263. The Hall–Kier alpha value is -3.29. The Bertz CT molecular complexity index is 959. The molecular weight excluding hydrogens is 349 g/mol. The largest absolute Gasteiger partial charge is 0.344 e. The molecule has 0 radical (unpaired) electrons. The van der Waals surface area contributed by atoms with E-state index in [1.54, 1.807) is 35.9 Å². The van der Waals surface area contributed by atoms with Gasteiger partial charge in [0.15, 0.2) is 5.82 Å². The second kappa shape index (κ2) is 7.94. The molecule has 1 N–H and O–H groups in total. The molecule has 7 nitrogen and oxygen atoms in total. The minimum atomic E-state index is -0.580. The smallest absolute Gasteiger partial charge is 0.231 e. The van der Waals surface area contributed by atoms with Gasteiger partial charge in [-0.25, -0.2) is 4.39 Å². The van der Waals surface area contributed by atoms with Gasteiger partial charge in [0.25, 0.3) is 0 Å². The van der Waals surface area contributed by atoms with Crippen molar-refractivity contribution < 1.29 is 14.0 Å². The van der Waals surface area contributed by atoms with Crippen molar-refractivity contribution in [2.75, 3.05) is 12.0 Å². The quantitative estimate of drug-likeness (QED) is 0.648. The molecule has 0 aliphatic heterocycles. The summed E-state index contributed by atoms with van der Waals surface area (Å²) in [5, 5.41) is 10.4. The summed E-state index contributed by atoms with van der Waals surface area (Å²) in [6.45, 7) is 1.42. The summed E-state index contributed by atoms with van der Waals surface area (Å²) in [4.78, 5) is 26.1. The maximum atomic E-state index is 12.7. The third kappa shape index (κ3) is 4.28. The lowest BCUT2D eigenvalue weighted by molar-refractivity contribution is -0.115. The normalized spacial score (nSPS) is 10.8. The molecule has 0 aliphatic rings. The van der Waals surface area contributed by atoms with Crippen molar-refractivity contribution in [3.8, 4) is 0 Å². The third-order valence-corrected chi connectivity index (χ3v) is 4.20. The van der Waals surface area contributed by atoms with Crippen LogP contribution in [0.15, 0.2) is 42.6 Å². The number of hydrogen-bond donors (Lipinski definition) is 1. The van der Waals surface area contributed by atoms with Crippen molar-refractivity contribution in [2.24, 2.45) is 7.05 Å². The molecule has 1 aromatic carbocycles. The van der Waals surface area contributed by atoms with Gasteiger partial charge in [0, 0.05) is 18.3 Å². The summed E-state index contributed by atoms with van der Waals surface area (Å²) in [7, 11) is 1.75. The van der Waals surface area contributed by atoms with Gasteiger partial charge in [-0.15, -0.1) is 5.10 Å². The van der Waals surface area contributed by atoms with Crippen LogP contribution >= 0.6 is 0 Å². The number of nitrogens with zero attached hydrogens (tertiary/aromatic N) is 4. The van der Waals surface area contributed by atoms with Crippen LogP contribution < -0.4 is 5.32 Å². The number of aryl methyl sites for hydroxylation is 2. The molecule has 8 heteroatoms. The zero-order valence-corrected chi connectivity index (χ0v) is 15.1. The molecule has 1 amide bonds. The molecule has 0 saturated carbocycles. The minimum Gasteiger partial charge on any atom is -0.344 e. The van der Waals surface area contributed by atoms with Crippen molar-refractivity contribution in [1.82, 2.24) is 19.6 Å². The first-order valence-corrected chi connectivity index (χ1v) is 8.50. The molecule has 3 aromatic rings. The molecule has 0 spiro atoms. The standard InChI is InChI=1S/C19H20FN5O2/c1-13-3-5-14(6-4-13)19(27)16-8-7-15(24(16)2)11-18(26)22-17-12-21-25(23-17)10-9-20/h3-8,12H,9-11H2,1-2H3,(H,22,23,26). The number of rotatable bonds is 7. The van der Waals surface area contributed by atoms with E-state index in [0.29, 0.717) is 17.0 Å². The lowest BCUT2D eigenvalue weighted by Gasteiger charge is -2.07. The molecule has 140 valence electrons. The second-order valence-electron chi connectivity index (χ2n) is 6.20. The van der Waals surface area contributed by atoms with Gasteiger partial charge in [0.05, 0.1) is 24.9 Å². The van der Waals surface area contributed by atoms with Gasteiger partial charge in [-0.3, -0.25) is 9.59 Å². The molecule has 27 heavy (non-hydrogen) atoms. The minimum absolute atomic E-state index is 0.0398. The van der Waals surface area contributed by atoms with Crippen LogP contribution in [-0.2, 0) is 24.8 Å². The molecule has 2 aromatic heterocycles. The predicted molar refractivity (Wildman–Crippen MR) is 98.4 cm³/mol. The number of nitrogens with one attached hydrogen (secondary N) is 1. The maximum absolute atomic E-state index is 12.7. The van der Waals surface area contributed by atoms with E-state index in [9.17, 15) is 14.0 Å². The zero-order chi connectivity index (χ0) is 19.4. The number of carbonyl (C=O) groups is 2. The van der Waals surface area contributed by atoms with E-state index in [2.05, 4.69) is 15.5 Å². The van der Waals surface area contributed by atoms with Gasteiger partial charge in [-0.1, -0.05) is 29.8 Å². The fourth-order valence-electron chi connectivity index (χ4n) is 2.70. The van der Waals surface area contributed by atoms with E-state index in [0.717, 1.165) is 5.56 Å². The first-order valence-electron chi connectivity index (χ1n) is 8.50. The number of benzene rings is 1. The highest BCUT2D eigenvalue weighted by atomic mass is 19.1. The molecule has 0 bridgehead atoms. The van der Waals surface area contributed by atoms with Crippen molar-refractivity contribution in [3.63, 3.8) is 0 Å². The van der Waals surface area contributed by atoms with Crippen LogP contribution in [0.2, 0.25) is 0 Å². The summed E-state index contributed by atoms with van der Waals surface area (Å²) in [6.07, 6.45) is 1.44. The first kappa shape index (κ1) is 18.5. The lowest BCUT2D eigenvalue weighted by Crippen LogP contribution is -2.18. The summed E-state index contributed by atoms with van der Waals surface area (Å²) in [5.74, 6) is -0.130. The molecule has 3 rings (SSSR count). The monoisotopic (exact) mass is 369 g/mol. The van der Waals surface area contributed by atoms with Crippen molar-refractivity contribution >= 4 is 17.5 Å². The van der Waals surface area contributed by atoms with Gasteiger partial charge < -0.3 is 9.88 Å². The number of carbonyl (C=O) groups excluding carboxylic acids is 2. The number of amides is 1. The van der Waals surface area contributed by atoms with Gasteiger partial charge in [0.2, 0.25) is 11.7 Å². The summed E-state index contributed by atoms with van der Waals surface area (Å²) in [6, 6.07) is 10.8. The number of aromatic nitrogens is 4. The van der Waals surface area contributed by atoms with Crippen LogP contribution in [0, 0.1) is 6.92 Å². The van der Waals surface area contributed by atoms with Crippen LogP contribution in [0.4, 0.5) is 10.2 Å². The third-order valence-electron chi connectivity index (χ3n) is 4.20. The Morgan fingerprint density at radius 3 is 2.59 bits per heavy atom. The van der Waals surface area contributed by atoms with Crippen LogP contribution in [0.1, 0.15) is 27.3 Å². The summed E-state index contributed by atoms with van der Waals surface area (Å²) < 4.78 is 14.0. The van der Waals surface area contributed by atoms with Crippen LogP contribution in [0.3, 0.4) is 0 Å². The molecule has 2 heterocycles. The average molecular weight is 369 g/mol. The highest BCUT2D eigenvalue weighted by Gasteiger charge is 2.16. The van der Waals surface area contributed by atoms with E-state index in [1.165, 1.54) is 11.0 Å². The van der Waals surface area contributed by atoms with E-state index < -0.39 is 6.67 Å². The molecule has 0 aliphatic carbocycles. The molecule has 0 fully saturated rings. The number of hydrogen-bond acceptors (Lipinski definition) is 4. The van der Waals surface area contributed by atoms with Crippen molar-refractivity contribution in [2.45, 2.75) is 19.9 Å². The maximum Gasteiger partial charge on any atom is 0.231 e. The number of ketones is 1. The summed E-state index contributed by atoms with van der Waals surface area (Å²) >= 11 is 0. The average Bonchev–Trinajstić information content (AvgIpc) is 3.22. The zero-order valence-electron chi connectivity index (χ0n) is 15.1. The van der Waals surface area contributed by atoms with Gasteiger partial charge in [-0.05, 0) is 19.1 Å². The number of halogens is 1. The summed E-state index contributed by atoms with van der Waals surface area (Å²) in [5.41, 5.74) is 2.89. The molecule has 0 saturated heterocycles. The van der Waals surface area contributed by atoms with Gasteiger partial charge in [0.1, 0.15) is 6.67 Å². The highest BCUT2D eigenvalue weighted by Crippen LogP contribution is 2.15. The Morgan fingerprint density at radius 2 is 1.89 bits per heavy atom. The molecular formula is C19H20FN5O2. The fourth-order valence-corrected chi connectivity index (χ4v) is 2.70. The second-order valence-corrected chi connectivity index (χ2v) is 6.20. The van der Waals surface area contributed by atoms with Crippen molar-refractivity contribution in [3.05, 3.63) is 65.1 Å². The van der Waals surface area contributed by atoms with Gasteiger partial charge >= 0.3 is 0 Å². The van der Waals surface area contributed by atoms with Crippen LogP contribution in [-0.4, -0.2) is 37.9 Å². The Kier molecular flexibility index (Phi) is 5.44. The first-order chi connectivity index (χ1) is 13.0. The molecule has 0 unspecified atom stereocenters. The van der Waals surface area contributed by atoms with E-state index in [1.807, 2.05) is 19.1 Å². The van der Waals surface area contributed by atoms with E-state index >= 15 is 0 Å². The number of alkyl halides is 1. The van der Waals surface area contributed by atoms with Gasteiger partial charge in [-0.2, -0.15) is 9.90 Å².